The van der Waals surface area contributed by atoms with Crippen LogP contribution in [0.3, 0.4) is 0 Å². The lowest BCUT2D eigenvalue weighted by atomic mass is 10.2. The smallest absolute Gasteiger partial charge is 0.281 e. The number of hydrogen-bond donors (Lipinski definition) is 2. The van der Waals surface area contributed by atoms with E-state index in [1.165, 1.54) is 32.7 Å². The predicted molar refractivity (Wildman–Crippen MR) is 120 cm³/mol. The first kappa shape index (κ1) is 20.3. The SMILES string of the molecule is Cc1c(-c2csc(=S)n2NC(=O)Cc2nc(O)cs2)c(=O)n(-c2ccccc2)n1C. The zero-order chi connectivity index (χ0) is 21.4. The van der Waals surface area contributed by atoms with Crippen LogP contribution in [-0.2, 0) is 18.3 Å². The molecule has 2 N–H and O–H groups in total. The third-order valence-electron chi connectivity index (χ3n) is 4.59. The van der Waals surface area contributed by atoms with E-state index < -0.39 is 0 Å². The fourth-order valence-electron chi connectivity index (χ4n) is 3.13. The van der Waals surface area contributed by atoms with Crippen LogP contribution >= 0.6 is 34.9 Å². The van der Waals surface area contributed by atoms with Crippen molar-refractivity contribution < 1.29 is 9.90 Å². The number of benzene rings is 1. The molecule has 0 saturated carbocycles. The summed E-state index contributed by atoms with van der Waals surface area (Å²) < 4.78 is 5.22. The molecular formula is C19H17N5O3S3. The zero-order valence-corrected chi connectivity index (χ0v) is 18.5. The summed E-state index contributed by atoms with van der Waals surface area (Å²) in [5.41, 5.74) is 5.01. The third-order valence-corrected chi connectivity index (χ3v) is 6.63. The van der Waals surface area contributed by atoms with Gasteiger partial charge in [0.25, 0.3) is 5.56 Å². The van der Waals surface area contributed by atoms with E-state index in [9.17, 15) is 14.7 Å². The summed E-state index contributed by atoms with van der Waals surface area (Å²) in [5.74, 6) is -0.464. The van der Waals surface area contributed by atoms with Crippen molar-refractivity contribution in [2.45, 2.75) is 13.3 Å². The minimum absolute atomic E-state index is 0.00962. The van der Waals surface area contributed by atoms with E-state index in [2.05, 4.69) is 10.4 Å². The average molecular weight is 460 g/mol. The van der Waals surface area contributed by atoms with Crippen LogP contribution in [0.5, 0.6) is 5.88 Å². The van der Waals surface area contributed by atoms with Gasteiger partial charge in [-0.05, 0) is 31.3 Å². The molecule has 0 fully saturated rings. The minimum atomic E-state index is -0.350. The lowest BCUT2D eigenvalue weighted by Gasteiger charge is -2.09. The molecule has 11 heteroatoms. The van der Waals surface area contributed by atoms with Crippen LogP contribution in [0.15, 0.2) is 45.9 Å². The summed E-state index contributed by atoms with van der Waals surface area (Å²) in [4.78, 5) is 29.7. The number of aromatic hydroxyl groups is 1. The molecule has 3 heterocycles. The molecule has 4 aromatic rings. The number of carbonyl (C=O) groups excluding carboxylic acids is 1. The Labute approximate surface area is 184 Å². The second kappa shape index (κ2) is 8.01. The maximum Gasteiger partial charge on any atom is 0.281 e. The first-order chi connectivity index (χ1) is 14.4. The average Bonchev–Trinajstić information content (AvgIpc) is 3.34. The van der Waals surface area contributed by atoms with Gasteiger partial charge in [-0.2, -0.15) is 0 Å². The molecule has 0 saturated heterocycles. The lowest BCUT2D eigenvalue weighted by Crippen LogP contribution is -2.26. The number of amides is 1. The molecule has 0 bridgehead atoms. The van der Waals surface area contributed by atoms with Gasteiger partial charge in [-0.1, -0.05) is 18.2 Å². The van der Waals surface area contributed by atoms with Crippen molar-refractivity contribution in [3.63, 3.8) is 0 Å². The quantitative estimate of drug-likeness (QED) is 0.447. The summed E-state index contributed by atoms with van der Waals surface area (Å²) in [6, 6.07) is 9.34. The molecule has 30 heavy (non-hydrogen) atoms. The molecule has 154 valence electrons. The van der Waals surface area contributed by atoms with Crippen LogP contribution in [0.4, 0.5) is 0 Å². The zero-order valence-electron chi connectivity index (χ0n) is 16.0. The number of aromatic nitrogens is 4. The molecular weight excluding hydrogens is 442 g/mol. The monoisotopic (exact) mass is 459 g/mol. The topological polar surface area (TPSA) is 94.1 Å². The second-order valence-corrected chi connectivity index (χ2v) is 8.92. The van der Waals surface area contributed by atoms with Crippen molar-refractivity contribution in [3.8, 4) is 22.8 Å². The number of thiazole rings is 2. The highest BCUT2D eigenvalue weighted by Gasteiger charge is 2.22. The van der Waals surface area contributed by atoms with Gasteiger partial charge >= 0.3 is 0 Å². The van der Waals surface area contributed by atoms with Gasteiger partial charge in [0.2, 0.25) is 11.8 Å². The Morgan fingerprint density at radius 1 is 1.23 bits per heavy atom. The number of nitrogens with one attached hydrogen (secondary N) is 1. The molecule has 8 nitrogen and oxygen atoms in total. The second-order valence-electron chi connectivity index (χ2n) is 6.47. The molecule has 0 aliphatic carbocycles. The van der Waals surface area contributed by atoms with Gasteiger partial charge in [-0.15, -0.1) is 22.7 Å². The largest absolute Gasteiger partial charge is 0.493 e. The van der Waals surface area contributed by atoms with E-state index in [1.807, 2.05) is 44.3 Å². The summed E-state index contributed by atoms with van der Waals surface area (Å²) in [6.07, 6.45) is -0.00962. The molecule has 0 aliphatic heterocycles. The highest BCUT2D eigenvalue weighted by molar-refractivity contribution is 7.73. The third kappa shape index (κ3) is 3.62. The number of nitrogens with zero attached hydrogens (tertiary/aromatic N) is 4. The summed E-state index contributed by atoms with van der Waals surface area (Å²) in [6.45, 7) is 1.85. The number of rotatable bonds is 5. The van der Waals surface area contributed by atoms with Gasteiger partial charge in [-0.3, -0.25) is 19.7 Å². The molecule has 4 rings (SSSR count). The van der Waals surface area contributed by atoms with Gasteiger partial charge in [0.05, 0.1) is 28.7 Å². The normalized spacial score (nSPS) is 11.0. The Balaban J connectivity index is 1.74. The van der Waals surface area contributed by atoms with E-state index >= 15 is 0 Å². The lowest BCUT2D eigenvalue weighted by molar-refractivity contribution is -0.116. The summed E-state index contributed by atoms with van der Waals surface area (Å²) in [5, 5.41) is 13.1. The molecule has 0 atom stereocenters. The first-order valence-electron chi connectivity index (χ1n) is 8.85. The van der Waals surface area contributed by atoms with Crippen LogP contribution in [-0.4, -0.2) is 30.0 Å². The maximum atomic E-state index is 13.3. The molecule has 0 spiro atoms. The van der Waals surface area contributed by atoms with Gasteiger partial charge in [0.1, 0.15) is 5.01 Å². The van der Waals surface area contributed by atoms with Crippen molar-refractivity contribution in [1.82, 2.24) is 19.0 Å². The molecule has 3 aromatic heterocycles. The van der Waals surface area contributed by atoms with Crippen molar-refractivity contribution >= 4 is 40.8 Å². The number of para-hydroxylation sites is 1. The Morgan fingerprint density at radius 3 is 2.63 bits per heavy atom. The molecule has 0 radical (unpaired) electrons. The maximum absolute atomic E-state index is 13.3. The Hall–Kier alpha value is -3.02. The van der Waals surface area contributed by atoms with E-state index in [4.69, 9.17) is 12.2 Å². The summed E-state index contributed by atoms with van der Waals surface area (Å²) in [7, 11) is 1.81. The predicted octanol–water partition coefficient (Wildman–Crippen LogP) is 3.22. The fraction of sp³-hybridized carbons (Fsp3) is 0.158. The van der Waals surface area contributed by atoms with Crippen LogP contribution < -0.4 is 11.0 Å². The standard InChI is InChI=1S/C19H17N5O3S3/c1-11-17(18(27)24(22(11)2)12-6-4-3-5-7-12)13-9-30-19(28)23(13)21-14(25)8-16-20-15(26)10-29-16/h3-7,9-10,26H,8H2,1-2H3,(H,21,25). The highest BCUT2D eigenvalue weighted by Crippen LogP contribution is 2.25. The first-order valence-corrected chi connectivity index (χ1v) is 11.0. The fourth-order valence-corrected chi connectivity index (χ4v) is 4.76. The van der Waals surface area contributed by atoms with Gasteiger partial charge in [0, 0.05) is 18.1 Å². The van der Waals surface area contributed by atoms with E-state index in [1.54, 1.807) is 14.7 Å². The van der Waals surface area contributed by atoms with E-state index in [0.29, 0.717) is 20.2 Å². The Bertz CT molecular complexity index is 1340. The van der Waals surface area contributed by atoms with Crippen LogP contribution in [0.2, 0.25) is 0 Å². The molecule has 0 aliphatic rings. The van der Waals surface area contributed by atoms with Gasteiger partial charge in [0.15, 0.2) is 3.95 Å². The Kier molecular flexibility index (Phi) is 5.41. The molecule has 1 amide bonds. The van der Waals surface area contributed by atoms with Crippen molar-refractivity contribution in [2.24, 2.45) is 7.05 Å². The Morgan fingerprint density at radius 2 is 1.97 bits per heavy atom. The number of carbonyl (C=O) groups is 1. The van der Waals surface area contributed by atoms with Crippen molar-refractivity contribution in [2.75, 3.05) is 5.43 Å². The van der Waals surface area contributed by atoms with E-state index in [-0.39, 0.29) is 23.8 Å². The molecule has 0 unspecified atom stereocenters. The van der Waals surface area contributed by atoms with E-state index in [0.717, 1.165) is 11.4 Å². The van der Waals surface area contributed by atoms with Crippen molar-refractivity contribution in [3.05, 3.63) is 66.1 Å². The molecule has 1 aromatic carbocycles. The highest BCUT2D eigenvalue weighted by atomic mass is 32.1. The van der Waals surface area contributed by atoms with Crippen LogP contribution in [0.25, 0.3) is 16.9 Å². The van der Waals surface area contributed by atoms with Gasteiger partial charge < -0.3 is 5.11 Å². The number of hydrogen-bond acceptors (Lipinski definition) is 7. The van der Waals surface area contributed by atoms with Crippen molar-refractivity contribution in [1.29, 1.82) is 0 Å². The summed E-state index contributed by atoms with van der Waals surface area (Å²) >= 11 is 7.83. The van der Waals surface area contributed by atoms with Crippen LogP contribution in [0, 0.1) is 10.9 Å². The van der Waals surface area contributed by atoms with Crippen LogP contribution in [0.1, 0.15) is 10.7 Å². The van der Waals surface area contributed by atoms with Gasteiger partial charge in [-0.25, -0.2) is 14.3 Å². The minimum Gasteiger partial charge on any atom is -0.493 e.